The molecular weight excluding hydrogens is 370 g/mol. The molecule has 0 fully saturated rings. The predicted octanol–water partition coefficient (Wildman–Crippen LogP) is 1.86. The van der Waals surface area contributed by atoms with E-state index in [1.54, 1.807) is 32.9 Å². The Morgan fingerprint density at radius 2 is 1.93 bits per heavy atom. The van der Waals surface area contributed by atoms with E-state index in [2.05, 4.69) is 10.3 Å². The van der Waals surface area contributed by atoms with Gasteiger partial charge in [-0.1, -0.05) is 17.7 Å². The van der Waals surface area contributed by atoms with Crippen LogP contribution in [0.25, 0.3) is 0 Å². The Morgan fingerprint density at radius 3 is 2.48 bits per heavy atom. The van der Waals surface area contributed by atoms with Crippen LogP contribution in [0.1, 0.15) is 32.0 Å². The van der Waals surface area contributed by atoms with Gasteiger partial charge in [-0.2, -0.15) is 0 Å². The van der Waals surface area contributed by atoms with Crippen molar-refractivity contribution in [2.75, 3.05) is 6.61 Å². The minimum atomic E-state index is -3.74. The minimum absolute atomic E-state index is 0.155. The molecule has 2 rings (SSSR count). The van der Waals surface area contributed by atoms with Crippen molar-refractivity contribution in [1.29, 1.82) is 0 Å². The van der Waals surface area contributed by atoms with Crippen molar-refractivity contribution in [2.45, 2.75) is 50.7 Å². The predicted molar refractivity (Wildman–Crippen MR) is 99.9 cm³/mol. The lowest BCUT2D eigenvalue weighted by Gasteiger charge is -2.22. The highest BCUT2D eigenvalue weighted by Gasteiger charge is 2.21. The molecule has 1 aromatic heterocycles. The number of aryl methyl sites for hydroxylation is 1. The first-order chi connectivity index (χ1) is 12.5. The Balaban J connectivity index is 2.10. The number of nitrogens with zero attached hydrogens (tertiary/aromatic N) is 2. The van der Waals surface area contributed by atoms with Crippen LogP contribution >= 0.6 is 0 Å². The third-order valence-electron chi connectivity index (χ3n) is 3.61. The van der Waals surface area contributed by atoms with Crippen LogP contribution in [0.15, 0.2) is 41.7 Å². The van der Waals surface area contributed by atoms with Crippen LogP contribution in [0.5, 0.6) is 0 Å². The molecule has 0 bridgehead atoms. The monoisotopic (exact) mass is 395 g/mol. The Bertz CT molecular complexity index is 882. The zero-order valence-electron chi connectivity index (χ0n) is 15.8. The molecule has 0 aliphatic rings. The van der Waals surface area contributed by atoms with Gasteiger partial charge in [-0.15, -0.1) is 0 Å². The van der Waals surface area contributed by atoms with Gasteiger partial charge in [-0.3, -0.25) is 0 Å². The molecule has 0 unspecified atom stereocenters. The first kappa shape index (κ1) is 20.9. The summed E-state index contributed by atoms with van der Waals surface area (Å²) in [6.45, 7) is 6.74. The number of carbonyl (C=O) groups is 1. The Kier molecular flexibility index (Phi) is 6.27. The lowest BCUT2D eigenvalue weighted by molar-refractivity contribution is 0.0482. The number of amides is 1. The molecule has 0 spiro atoms. The topological polar surface area (TPSA) is 111 Å². The van der Waals surface area contributed by atoms with E-state index in [0.29, 0.717) is 5.69 Å². The molecule has 1 heterocycles. The summed E-state index contributed by atoms with van der Waals surface area (Å²) < 4.78 is 31.4. The molecule has 148 valence electrons. The van der Waals surface area contributed by atoms with E-state index in [1.165, 1.54) is 24.7 Å². The molecule has 0 aliphatic carbocycles. The second-order valence-electron chi connectivity index (χ2n) is 7.24. The summed E-state index contributed by atoms with van der Waals surface area (Å²) in [6.07, 6.45) is 2.07. The molecule has 27 heavy (non-hydrogen) atoms. The number of benzene rings is 1. The van der Waals surface area contributed by atoms with Gasteiger partial charge in [0.15, 0.2) is 0 Å². The molecule has 0 saturated heterocycles. The smallest absolute Gasteiger partial charge is 0.407 e. The first-order valence-corrected chi connectivity index (χ1v) is 9.91. The van der Waals surface area contributed by atoms with Crippen molar-refractivity contribution >= 4 is 16.1 Å². The summed E-state index contributed by atoms with van der Waals surface area (Å²) in [5.41, 5.74) is 0.716. The van der Waals surface area contributed by atoms with E-state index in [4.69, 9.17) is 4.74 Å². The van der Waals surface area contributed by atoms with E-state index in [9.17, 15) is 18.3 Å². The number of aliphatic hydroxyl groups excluding tert-OH is 1. The van der Waals surface area contributed by atoms with Crippen LogP contribution in [0.3, 0.4) is 0 Å². The Hall–Kier alpha value is -2.39. The molecule has 2 N–H and O–H groups in total. The van der Waals surface area contributed by atoms with Crippen LogP contribution < -0.4 is 5.32 Å². The Labute approximate surface area is 159 Å². The molecule has 1 aromatic carbocycles. The quantitative estimate of drug-likeness (QED) is 0.772. The highest BCUT2D eigenvalue weighted by Crippen LogP contribution is 2.15. The van der Waals surface area contributed by atoms with E-state index in [1.807, 2.05) is 6.92 Å². The molecular formula is C18H25N3O5S. The van der Waals surface area contributed by atoms with E-state index >= 15 is 0 Å². The lowest BCUT2D eigenvalue weighted by Crippen LogP contribution is -2.42. The molecule has 0 saturated carbocycles. The van der Waals surface area contributed by atoms with Crippen LogP contribution in [0.2, 0.25) is 0 Å². The summed E-state index contributed by atoms with van der Waals surface area (Å²) in [5.74, 6) is 0. The second kappa shape index (κ2) is 8.10. The number of ether oxygens (including phenoxy) is 1. The standard InChI is InChI=1S/C18H25N3O5S/c1-13-5-7-16(8-6-13)27(24,25)21-10-14(19-12-21)9-15(11-22)20-17(23)26-18(2,3)4/h5-8,10,12,15,22H,9,11H2,1-4H3,(H,20,23)/t15-/m0/s1. The number of aliphatic hydroxyl groups is 1. The normalized spacial score (nSPS) is 13.2. The van der Waals surface area contributed by atoms with Gasteiger partial charge in [-0.05, 0) is 39.8 Å². The fourth-order valence-electron chi connectivity index (χ4n) is 2.30. The van der Waals surface area contributed by atoms with Gasteiger partial charge in [-0.25, -0.2) is 22.2 Å². The molecule has 2 aromatic rings. The van der Waals surface area contributed by atoms with Crippen LogP contribution in [0.4, 0.5) is 4.79 Å². The van der Waals surface area contributed by atoms with Gasteiger partial charge < -0.3 is 15.2 Å². The van der Waals surface area contributed by atoms with Gasteiger partial charge in [0.1, 0.15) is 11.9 Å². The SMILES string of the molecule is Cc1ccc(S(=O)(=O)n2cnc(C[C@@H](CO)NC(=O)OC(C)(C)C)c2)cc1. The first-order valence-electron chi connectivity index (χ1n) is 8.47. The summed E-state index contributed by atoms with van der Waals surface area (Å²) in [5, 5.41) is 12.0. The average Bonchev–Trinajstić information content (AvgIpc) is 3.02. The molecule has 8 nitrogen and oxygen atoms in total. The average molecular weight is 395 g/mol. The second-order valence-corrected chi connectivity index (χ2v) is 9.09. The summed E-state index contributed by atoms with van der Waals surface area (Å²) in [7, 11) is -3.74. The van der Waals surface area contributed by atoms with Gasteiger partial charge in [0.25, 0.3) is 10.0 Å². The maximum Gasteiger partial charge on any atom is 0.407 e. The number of hydrogen-bond donors (Lipinski definition) is 2. The molecule has 0 radical (unpaired) electrons. The third-order valence-corrected chi connectivity index (χ3v) is 5.23. The van der Waals surface area contributed by atoms with Crippen molar-refractivity contribution in [2.24, 2.45) is 0 Å². The van der Waals surface area contributed by atoms with E-state index in [0.717, 1.165) is 9.54 Å². The number of imidazole rings is 1. The molecule has 0 aliphatic heterocycles. The zero-order chi connectivity index (χ0) is 20.2. The molecule has 1 amide bonds. The zero-order valence-corrected chi connectivity index (χ0v) is 16.7. The van der Waals surface area contributed by atoms with Crippen molar-refractivity contribution < 1.29 is 23.1 Å². The van der Waals surface area contributed by atoms with Crippen molar-refractivity contribution in [3.05, 3.63) is 48.0 Å². The fourth-order valence-corrected chi connectivity index (χ4v) is 3.46. The molecule has 9 heteroatoms. The number of rotatable bonds is 6. The lowest BCUT2D eigenvalue weighted by atomic mass is 10.2. The van der Waals surface area contributed by atoms with Crippen LogP contribution in [-0.4, -0.2) is 46.8 Å². The molecule has 1 atom stereocenters. The fraction of sp³-hybridized carbons (Fsp3) is 0.444. The third kappa shape index (κ3) is 5.80. The van der Waals surface area contributed by atoms with Crippen LogP contribution in [-0.2, 0) is 21.2 Å². The van der Waals surface area contributed by atoms with Crippen molar-refractivity contribution in [1.82, 2.24) is 14.3 Å². The van der Waals surface area contributed by atoms with Crippen molar-refractivity contribution in [3.8, 4) is 0 Å². The maximum absolute atomic E-state index is 12.6. The van der Waals surface area contributed by atoms with Gasteiger partial charge in [0.2, 0.25) is 0 Å². The minimum Gasteiger partial charge on any atom is -0.444 e. The van der Waals surface area contributed by atoms with E-state index < -0.39 is 27.8 Å². The highest BCUT2D eigenvalue weighted by atomic mass is 32.2. The largest absolute Gasteiger partial charge is 0.444 e. The number of alkyl carbamates (subject to hydrolysis) is 1. The maximum atomic E-state index is 12.6. The van der Waals surface area contributed by atoms with Gasteiger partial charge in [0.05, 0.1) is 23.2 Å². The number of hydrogen-bond acceptors (Lipinski definition) is 6. The number of nitrogens with one attached hydrogen (secondary N) is 1. The van der Waals surface area contributed by atoms with Crippen LogP contribution in [0, 0.1) is 6.92 Å². The number of carbonyl (C=O) groups excluding carboxylic acids is 1. The Morgan fingerprint density at radius 1 is 1.30 bits per heavy atom. The van der Waals surface area contributed by atoms with Gasteiger partial charge in [0, 0.05) is 12.6 Å². The highest BCUT2D eigenvalue weighted by molar-refractivity contribution is 7.90. The summed E-state index contributed by atoms with van der Waals surface area (Å²) in [6, 6.07) is 5.86. The van der Waals surface area contributed by atoms with Crippen molar-refractivity contribution in [3.63, 3.8) is 0 Å². The summed E-state index contributed by atoms with van der Waals surface area (Å²) in [4.78, 5) is 16.1. The number of aromatic nitrogens is 2. The van der Waals surface area contributed by atoms with E-state index in [-0.39, 0.29) is 17.9 Å². The van der Waals surface area contributed by atoms with Gasteiger partial charge >= 0.3 is 6.09 Å². The summed E-state index contributed by atoms with van der Waals surface area (Å²) >= 11 is 0.